The summed E-state index contributed by atoms with van der Waals surface area (Å²) in [6, 6.07) is 11.1. The van der Waals surface area contributed by atoms with Gasteiger partial charge in [-0.15, -0.1) is 0 Å². The Balaban J connectivity index is 1.70. The van der Waals surface area contributed by atoms with Crippen LogP contribution < -0.4 is 18.9 Å². The fourth-order valence-electron chi connectivity index (χ4n) is 2.33. The number of carbonyl (C=O) groups excluding carboxylic acids is 1. The van der Waals surface area contributed by atoms with E-state index in [2.05, 4.69) is 0 Å². The SMILES string of the molecule is COc1cccc(S(=O)(=O)NC(=O)C=Cc2ccc3c(c2)OCCO3)c1. The van der Waals surface area contributed by atoms with Crippen molar-refractivity contribution in [1.29, 1.82) is 0 Å². The van der Waals surface area contributed by atoms with Gasteiger partial charge in [0.2, 0.25) is 0 Å². The highest BCUT2D eigenvalue weighted by molar-refractivity contribution is 7.90. The van der Waals surface area contributed by atoms with E-state index >= 15 is 0 Å². The van der Waals surface area contributed by atoms with Crippen LogP contribution in [0.1, 0.15) is 5.56 Å². The standard InChI is InChI=1S/C18H17NO6S/c1-23-14-3-2-4-15(12-14)26(21,22)19-18(20)8-6-13-5-7-16-17(11-13)25-10-9-24-16/h2-8,11-12H,9-10H2,1H3,(H,19,20). The van der Waals surface area contributed by atoms with Gasteiger partial charge in [-0.3, -0.25) is 4.79 Å². The maximum atomic E-state index is 12.3. The van der Waals surface area contributed by atoms with Crippen molar-refractivity contribution in [1.82, 2.24) is 4.72 Å². The number of rotatable bonds is 5. The molecule has 1 aliphatic rings. The molecule has 1 N–H and O–H groups in total. The predicted molar refractivity (Wildman–Crippen MR) is 94.8 cm³/mol. The van der Waals surface area contributed by atoms with Gasteiger partial charge in [0.1, 0.15) is 19.0 Å². The number of fused-ring (bicyclic) bond motifs is 1. The second kappa shape index (κ2) is 7.49. The van der Waals surface area contributed by atoms with Crippen LogP contribution in [0.25, 0.3) is 6.08 Å². The summed E-state index contributed by atoms with van der Waals surface area (Å²) in [6.07, 6.45) is 2.64. The van der Waals surface area contributed by atoms with Crippen molar-refractivity contribution >= 4 is 22.0 Å². The maximum Gasteiger partial charge on any atom is 0.264 e. The molecule has 0 radical (unpaired) electrons. The van der Waals surface area contributed by atoms with Gasteiger partial charge in [0.15, 0.2) is 11.5 Å². The van der Waals surface area contributed by atoms with Crippen LogP contribution in [0.5, 0.6) is 17.2 Å². The van der Waals surface area contributed by atoms with Crippen LogP contribution in [0.4, 0.5) is 0 Å². The largest absolute Gasteiger partial charge is 0.497 e. The third-order valence-corrected chi connectivity index (χ3v) is 4.92. The van der Waals surface area contributed by atoms with Crippen molar-refractivity contribution in [2.45, 2.75) is 4.90 Å². The number of nitrogens with one attached hydrogen (secondary N) is 1. The predicted octanol–water partition coefficient (Wildman–Crippen LogP) is 1.98. The molecule has 0 bridgehead atoms. The number of hydrogen-bond donors (Lipinski definition) is 1. The van der Waals surface area contributed by atoms with Crippen LogP contribution in [0.3, 0.4) is 0 Å². The molecule has 136 valence electrons. The molecule has 0 atom stereocenters. The van der Waals surface area contributed by atoms with Crippen molar-refractivity contribution in [2.75, 3.05) is 20.3 Å². The first-order chi connectivity index (χ1) is 12.5. The lowest BCUT2D eigenvalue weighted by atomic mass is 10.2. The molecule has 26 heavy (non-hydrogen) atoms. The van der Waals surface area contributed by atoms with E-state index in [-0.39, 0.29) is 4.90 Å². The lowest BCUT2D eigenvalue weighted by Crippen LogP contribution is -2.28. The summed E-state index contributed by atoms with van der Waals surface area (Å²) in [5, 5.41) is 0. The second-order valence-corrected chi connectivity index (χ2v) is 7.07. The second-order valence-electron chi connectivity index (χ2n) is 5.39. The highest BCUT2D eigenvalue weighted by Crippen LogP contribution is 2.31. The van der Waals surface area contributed by atoms with E-state index in [0.29, 0.717) is 36.0 Å². The minimum atomic E-state index is -3.99. The topological polar surface area (TPSA) is 90.9 Å². The third-order valence-electron chi connectivity index (χ3n) is 3.58. The minimum absolute atomic E-state index is 0.0575. The Hall–Kier alpha value is -3.00. The number of benzene rings is 2. The smallest absolute Gasteiger partial charge is 0.264 e. The number of hydrogen-bond acceptors (Lipinski definition) is 6. The molecule has 1 heterocycles. The van der Waals surface area contributed by atoms with Crippen LogP contribution in [0.15, 0.2) is 53.4 Å². The van der Waals surface area contributed by atoms with Crippen LogP contribution >= 0.6 is 0 Å². The van der Waals surface area contributed by atoms with Gasteiger partial charge in [0.25, 0.3) is 15.9 Å². The van der Waals surface area contributed by atoms with E-state index in [1.54, 1.807) is 24.3 Å². The molecular formula is C18H17NO6S. The van der Waals surface area contributed by atoms with Crippen molar-refractivity contribution in [3.63, 3.8) is 0 Å². The Morgan fingerprint density at radius 2 is 1.88 bits per heavy atom. The van der Waals surface area contributed by atoms with Crippen LogP contribution in [-0.4, -0.2) is 34.6 Å². The molecular weight excluding hydrogens is 358 g/mol. The zero-order valence-electron chi connectivity index (χ0n) is 14.0. The molecule has 7 nitrogen and oxygen atoms in total. The van der Waals surface area contributed by atoms with Crippen molar-refractivity contribution in [2.24, 2.45) is 0 Å². The number of carbonyl (C=O) groups is 1. The molecule has 0 aliphatic carbocycles. The fraction of sp³-hybridized carbons (Fsp3) is 0.167. The van der Waals surface area contributed by atoms with Crippen molar-refractivity contribution in [3.05, 3.63) is 54.1 Å². The van der Waals surface area contributed by atoms with Gasteiger partial charge in [0, 0.05) is 12.1 Å². The average Bonchev–Trinajstić information content (AvgIpc) is 2.66. The quantitative estimate of drug-likeness (QED) is 0.804. The van der Waals surface area contributed by atoms with Gasteiger partial charge >= 0.3 is 0 Å². The van der Waals surface area contributed by atoms with Crippen LogP contribution in [0, 0.1) is 0 Å². The molecule has 1 amide bonds. The van der Waals surface area contributed by atoms with Gasteiger partial charge < -0.3 is 14.2 Å². The lowest BCUT2D eigenvalue weighted by molar-refractivity contribution is -0.114. The monoisotopic (exact) mass is 375 g/mol. The summed E-state index contributed by atoms with van der Waals surface area (Å²) in [5.41, 5.74) is 0.683. The lowest BCUT2D eigenvalue weighted by Gasteiger charge is -2.18. The van der Waals surface area contributed by atoms with E-state index in [1.165, 1.54) is 31.4 Å². The van der Waals surface area contributed by atoms with Gasteiger partial charge in [-0.05, 0) is 35.9 Å². The molecule has 8 heteroatoms. The van der Waals surface area contributed by atoms with Crippen molar-refractivity contribution in [3.8, 4) is 17.2 Å². The molecule has 0 saturated carbocycles. The van der Waals surface area contributed by atoms with Crippen molar-refractivity contribution < 1.29 is 27.4 Å². The molecule has 2 aromatic rings. The van der Waals surface area contributed by atoms with E-state index in [4.69, 9.17) is 14.2 Å². The highest BCUT2D eigenvalue weighted by atomic mass is 32.2. The number of amides is 1. The maximum absolute atomic E-state index is 12.3. The molecule has 1 aliphatic heterocycles. The number of ether oxygens (including phenoxy) is 3. The Kier molecular flexibility index (Phi) is 5.13. The molecule has 2 aromatic carbocycles. The Bertz CT molecular complexity index is 952. The summed E-state index contributed by atoms with van der Waals surface area (Å²) in [4.78, 5) is 11.9. The summed E-state index contributed by atoms with van der Waals surface area (Å²) < 4.78 is 42.4. The summed E-state index contributed by atoms with van der Waals surface area (Å²) in [6.45, 7) is 0.951. The summed E-state index contributed by atoms with van der Waals surface area (Å²) in [7, 11) is -2.56. The van der Waals surface area contributed by atoms with Gasteiger partial charge in [0.05, 0.1) is 12.0 Å². The fourth-order valence-corrected chi connectivity index (χ4v) is 3.31. The van der Waals surface area contributed by atoms with E-state index in [9.17, 15) is 13.2 Å². The third kappa shape index (κ3) is 4.15. The van der Waals surface area contributed by atoms with E-state index < -0.39 is 15.9 Å². The van der Waals surface area contributed by atoms with E-state index in [0.717, 1.165) is 6.08 Å². The van der Waals surface area contributed by atoms with E-state index in [1.807, 2.05) is 4.72 Å². The normalized spacial score (nSPS) is 13.4. The minimum Gasteiger partial charge on any atom is -0.497 e. The highest BCUT2D eigenvalue weighted by Gasteiger charge is 2.17. The number of sulfonamides is 1. The number of methoxy groups -OCH3 is 1. The zero-order chi connectivity index (χ0) is 18.6. The van der Waals surface area contributed by atoms with Crippen LogP contribution in [-0.2, 0) is 14.8 Å². The average molecular weight is 375 g/mol. The first kappa shape index (κ1) is 17.8. The molecule has 0 fully saturated rings. The Morgan fingerprint density at radius 3 is 2.65 bits per heavy atom. The van der Waals surface area contributed by atoms with Gasteiger partial charge in [-0.1, -0.05) is 12.1 Å². The van der Waals surface area contributed by atoms with Crippen LogP contribution in [0.2, 0.25) is 0 Å². The molecule has 0 aromatic heterocycles. The molecule has 3 rings (SSSR count). The summed E-state index contributed by atoms with van der Waals surface area (Å²) >= 11 is 0. The first-order valence-electron chi connectivity index (χ1n) is 7.76. The first-order valence-corrected chi connectivity index (χ1v) is 9.25. The molecule has 0 spiro atoms. The molecule has 0 unspecified atom stereocenters. The summed E-state index contributed by atoms with van der Waals surface area (Å²) in [5.74, 6) is 0.844. The molecule has 0 saturated heterocycles. The van der Waals surface area contributed by atoms with Gasteiger partial charge in [-0.2, -0.15) is 0 Å². The Labute approximate surface area is 151 Å². The zero-order valence-corrected chi connectivity index (χ0v) is 14.8. The van der Waals surface area contributed by atoms with Gasteiger partial charge in [-0.25, -0.2) is 13.1 Å². The Morgan fingerprint density at radius 1 is 1.12 bits per heavy atom.